The number of carbonyl (C=O) groups excluding carboxylic acids is 2. The van der Waals surface area contributed by atoms with Gasteiger partial charge in [-0.25, -0.2) is 0 Å². The van der Waals surface area contributed by atoms with Gasteiger partial charge in [0.1, 0.15) is 0 Å². The number of amides is 2. The third kappa shape index (κ3) is 3.39. The van der Waals surface area contributed by atoms with E-state index in [1.54, 1.807) is 4.90 Å². The van der Waals surface area contributed by atoms with Crippen molar-refractivity contribution in [1.82, 2.24) is 5.32 Å². The fourth-order valence-electron chi connectivity index (χ4n) is 4.84. The Kier molecular flexibility index (Phi) is 5.06. The second-order valence-electron chi connectivity index (χ2n) is 9.08. The van der Waals surface area contributed by atoms with Crippen LogP contribution in [-0.2, 0) is 36.1 Å². The van der Waals surface area contributed by atoms with Crippen LogP contribution in [-0.4, -0.2) is 11.8 Å². The SMILES string of the molecule is CC1(C)C(=O)N2Cc3c(Cl)cccc3CCc3ccccc3CNC(=O)c3ccc1c2c3. The van der Waals surface area contributed by atoms with Gasteiger partial charge >= 0.3 is 0 Å². The maximum atomic E-state index is 13.4. The van der Waals surface area contributed by atoms with Crippen molar-refractivity contribution >= 4 is 29.1 Å². The normalized spacial score (nSPS) is 17.3. The number of nitrogens with zero attached hydrogens (tertiary/aromatic N) is 1. The molecule has 162 valence electrons. The molecule has 0 fully saturated rings. The third-order valence-electron chi connectivity index (χ3n) is 6.76. The van der Waals surface area contributed by atoms with Crippen LogP contribution in [0.1, 0.15) is 52.0 Å². The van der Waals surface area contributed by atoms with Crippen molar-refractivity contribution in [3.63, 3.8) is 0 Å². The van der Waals surface area contributed by atoms with Crippen molar-refractivity contribution in [2.75, 3.05) is 4.90 Å². The van der Waals surface area contributed by atoms with E-state index in [1.165, 1.54) is 5.56 Å². The van der Waals surface area contributed by atoms with Crippen LogP contribution < -0.4 is 10.2 Å². The van der Waals surface area contributed by atoms with Gasteiger partial charge in [-0.15, -0.1) is 0 Å². The molecule has 0 aromatic heterocycles. The number of halogens is 1. The first-order chi connectivity index (χ1) is 15.4. The molecule has 0 unspecified atom stereocenters. The number of rotatable bonds is 0. The highest BCUT2D eigenvalue weighted by Gasteiger charge is 2.44. The minimum absolute atomic E-state index is 0.0216. The van der Waals surface area contributed by atoms with Gasteiger partial charge in [-0.2, -0.15) is 0 Å². The molecule has 0 atom stereocenters. The topological polar surface area (TPSA) is 49.4 Å². The summed E-state index contributed by atoms with van der Waals surface area (Å²) in [5.74, 6) is -0.122. The molecule has 0 radical (unpaired) electrons. The molecule has 5 heteroatoms. The van der Waals surface area contributed by atoms with Crippen LogP contribution in [0.25, 0.3) is 0 Å². The molecular formula is C27H25ClN2O2. The highest BCUT2D eigenvalue weighted by atomic mass is 35.5. The van der Waals surface area contributed by atoms with E-state index in [9.17, 15) is 9.59 Å². The van der Waals surface area contributed by atoms with Crippen LogP contribution >= 0.6 is 11.6 Å². The maximum Gasteiger partial charge on any atom is 0.251 e. The number of anilines is 1. The Morgan fingerprint density at radius 3 is 2.44 bits per heavy atom. The fraction of sp³-hybridized carbons (Fsp3) is 0.259. The van der Waals surface area contributed by atoms with Crippen molar-refractivity contribution in [3.05, 3.63) is 99.1 Å². The highest BCUT2D eigenvalue weighted by molar-refractivity contribution is 6.31. The van der Waals surface area contributed by atoms with Crippen molar-refractivity contribution in [1.29, 1.82) is 0 Å². The number of aryl methyl sites for hydroxylation is 2. The molecular weight excluding hydrogens is 420 g/mol. The first kappa shape index (κ1) is 20.8. The molecule has 0 aliphatic carbocycles. The Morgan fingerprint density at radius 1 is 0.906 bits per heavy atom. The van der Waals surface area contributed by atoms with E-state index < -0.39 is 5.41 Å². The molecule has 3 aromatic rings. The summed E-state index contributed by atoms with van der Waals surface area (Å²) in [6.45, 7) is 4.72. The van der Waals surface area contributed by atoms with E-state index in [0.717, 1.165) is 40.8 Å². The summed E-state index contributed by atoms with van der Waals surface area (Å²) in [5, 5.41) is 3.72. The van der Waals surface area contributed by atoms with Crippen LogP contribution in [0.15, 0.2) is 60.7 Å². The minimum Gasteiger partial charge on any atom is -0.348 e. The summed E-state index contributed by atoms with van der Waals surface area (Å²) in [6, 6.07) is 19.7. The predicted molar refractivity (Wildman–Crippen MR) is 127 cm³/mol. The van der Waals surface area contributed by atoms with Gasteiger partial charge < -0.3 is 10.2 Å². The lowest BCUT2D eigenvalue weighted by molar-refractivity contribution is -0.122. The zero-order chi connectivity index (χ0) is 22.5. The van der Waals surface area contributed by atoms with Gasteiger partial charge in [-0.1, -0.05) is 54.1 Å². The van der Waals surface area contributed by atoms with E-state index in [2.05, 4.69) is 23.5 Å². The molecule has 0 saturated carbocycles. The van der Waals surface area contributed by atoms with Gasteiger partial charge in [-0.3, -0.25) is 9.59 Å². The summed E-state index contributed by atoms with van der Waals surface area (Å²) in [5.41, 5.74) is 6.04. The molecule has 2 amide bonds. The van der Waals surface area contributed by atoms with Gasteiger partial charge in [0.25, 0.3) is 5.91 Å². The fourth-order valence-corrected chi connectivity index (χ4v) is 5.09. The van der Waals surface area contributed by atoms with Crippen molar-refractivity contribution in [2.24, 2.45) is 0 Å². The molecule has 1 N–H and O–H groups in total. The number of nitrogens with one attached hydrogen (secondary N) is 1. The van der Waals surface area contributed by atoms with Crippen LogP contribution in [0, 0.1) is 0 Å². The van der Waals surface area contributed by atoms with Gasteiger partial charge in [0.05, 0.1) is 12.0 Å². The summed E-state index contributed by atoms with van der Waals surface area (Å²) in [6.07, 6.45) is 1.63. The van der Waals surface area contributed by atoms with E-state index in [4.69, 9.17) is 11.6 Å². The molecule has 2 bridgehead atoms. The molecule has 0 saturated heterocycles. The summed E-state index contributed by atoms with van der Waals surface area (Å²) < 4.78 is 0. The molecule has 4 nitrogen and oxygen atoms in total. The lowest BCUT2D eigenvalue weighted by Gasteiger charge is -2.23. The third-order valence-corrected chi connectivity index (χ3v) is 7.11. The van der Waals surface area contributed by atoms with E-state index >= 15 is 0 Å². The zero-order valence-electron chi connectivity index (χ0n) is 18.2. The van der Waals surface area contributed by atoms with E-state index in [-0.39, 0.29) is 11.8 Å². The average molecular weight is 445 g/mol. The van der Waals surface area contributed by atoms with Crippen LogP contribution in [0.5, 0.6) is 0 Å². The number of hydrogen-bond acceptors (Lipinski definition) is 2. The average Bonchev–Trinajstić information content (AvgIpc) is 2.97. The second-order valence-corrected chi connectivity index (χ2v) is 9.48. The maximum absolute atomic E-state index is 13.4. The van der Waals surface area contributed by atoms with Crippen molar-refractivity contribution in [2.45, 2.75) is 45.2 Å². The minimum atomic E-state index is -0.657. The largest absolute Gasteiger partial charge is 0.348 e. The smallest absolute Gasteiger partial charge is 0.251 e. The monoisotopic (exact) mass is 444 g/mol. The Balaban J connectivity index is 1.67. The molecule has 2 aliphatic heterocycles. The Morgan fingerprint density at radius 2 is 1.62 bits per heavy atom. The van der Waals surface area contributed by atoms with Crippen molar-refractivity contribution in [3.8, 4) is 0 Å². The molecule has 5 rings (SSSR count). The van der Waals surface area contributed by atoms with Gasteiger partial charge in [-0.05, 0) is 72.7 Å². The molecule has 32 heavy (non-hydrogen) atoms. The molecule has 0 spiro atoms. The number of benzene rings is 3. The summed E-state index contributed by atoms with van der Waals surface area (Å²) in [4.78, 5) is 28.2. The standard InChI is InChI=1S/C27H25ClN2O2/c1-27(2)22-13-12-19-14-24(22)30(26(27)32)16-21-18(8-5-9-23(21)28)11-10-17-6-3-4-7-20(17)15-29-25(19)31/h3-9,12-14H,10-11,15-16H2,1-2H3,(H,29,31). The van der Waals surface area contributed by atoms with Gasteiger partial charge in [0.2, 0.25) is 5.91 Å². The predicted octanol–water partition coefficient (Wildman–Crippen LogP) is 5.19. The van der Waals surface area contributed by atoms with Crippen LogP contribution in [0.4, 0.5) is 5.69 Å². The quantitative estimate of drug-likeness (QED) is 0.518. The Labute approximate surface area is 193 Å². The molecule has 2 aliphatic rings. The van der Waals surface area contributed by atoms with Gasteiger partial charge in [0, 0.05) is 22.8 Å². The van der Waals surface area contributed by atoms with E-state index in [1.807, 2.05) is 56.3 Å². The summed E-state index contributed by atoms with van der Waals surface area (Å²) in [7, 11) is 0. The lowest BCUT2D eigenvalue weighted by atomic mass is 9.86. The number of hydrogen-bond donors (Lipinski definition) is 1. The Hall–Kier alpha value is -3.11. The first-order valence-electron chi connectivity index (χ1n) is 10.9. The van der Waals surface area contributed by atoms with Gasteiger partial charge in [0.15, 0.2) is 0 Å². The molecule has 3 aromatic carbocycles. The van der Waals surface area contributed by atoms with Crippen molar-refractivity contribution < 1.29 is 9.59 Å². The first-order valence-corrected chi connectivity index (χ1v) is 11.3. The van der Waals surface area contributed by atoms with Crippen LogP contribution in [0.3, 0.4) is 0 Å². The van der Waals surface area contributed by atoms with Crippen LogP contribution in [0.2, 0.25) is 5.02 Å². The Bertz CT molecular complexity index is 1250. The number of carbonyl (C=O) groups is 2. The van der Waals surface area contributed by atoms with E-state index in [0.29, 0.717) is 23.7 Å². The number of fused-ring (bicyclic) bond motifs is 3. The highest BCUT2D eigenvalue weighted by Crippen LogP contribution is 2.43. The summed E-state index contributed by atoms with van der Waals surface area (Å²) >= 11 is 6.66. The zero-order valence-corrected chi connectivity index (χ0v) is 19.0. The molecule has 2 heterocycles. The second kappa shape index (κ2) is 7.79. The lowest BCUT2D eigenvalue weighted by Crippen LogP contribution is -2.36.